The summed E-state index contributed by atoms with van der Waals surface area (Å²) in [6.45, 7) is 0.624. The molecular formula is C9H15NO2S. The molecule has 0 aromatic carbocycles. The van der Waals surface area contributed by atoms with Gasteiger partial charge >= 0.3 is 5.97 Å². The number of carbonyl (C=O) groups excluding carboxylic acids is 1. The number of ether oxygens (including phenoxy) is 1. The molecule has 0 saturated heterocycles. The second-order valence-corrected chi connectivity index (χ2v) is 4.36. The van der Waals surface area contributed by atoms with Crippen molar-refractivity contribution in [3.63, 3.8) is 0 Å². The fourth-order valence-electron chi connectivity index (χ4n) is 1.43. The lowest BCUT2D eigenvalue weighted by Gasteiger charge is -2.24. The first kappa shape index (κ1) is 10.6. The third-order valence-electron chi connectivity index (χ3n) is 2.18. The van der Waals surface area contributed by atoms with Crippen LogP contribution in [-0.2, 0) is 9.53 Å². The van der Waals surface area contributed by atoms with Crippen LogP contribution < -0.4 is 5.73 Å². The van der Waals surface area contributed by atoms with Gasteiger partial charge in [0.15, 0.2) is 0 Å². The van der Waals surface area contributed by atoms with Crippen molar-refractivity contribution in [2.45, 2.75) is 24.0 Å². The van der Waals surface area contributed by atoms with Crippen molar-refractivity contribution in [1.29, 1.82) is 0 Å². The standard InChI is InChI=1S/C9H15NO2S/c1-12-8(11)9(4-2-6-10)5-3-7-13-9/h3,7H,2,4-6,10H2,1H3. The minimum Gasteiger partial charge on any atom is -0.468 e. The van der Waals surface area contributed by atoms with Gasteiger partial charge in [-0.1, -0.05) is 6.08 Å². The second-order valence-electron chi connectivity index (χ2n) is 3.07. The van der Waals surface area contributed by atoms with Crippen LogP contribution in [0.1, 0.15) is 19.3 Å². The minimum absolute atomic E-state index is 0.129. The summed E-state index contributed by atoms with van der Waals surface area (Å²) in [5.41, 5.74) is 5.43. The predicted octanol–water partition coefficient (Wildman–Crippen LogP) is 1.29. The molecule has 0 aliphatic carbocycles. The third-order valence-corrected chi connectivity index (χ3v) is 3.50. The normalized spacial score (nSPS) is 26.3. The molecule has 1 atom stereocenters. The minimum atomic E-state index is -0.381. The molecule has 0 radical (unpaired) electrons. The van der Waals surface area contributed by atoms with Crippen LogP contribution in [0.2, 0.25) is 0 Å². The third kappa shape index (κ3) is 2.25. The van der Waals surface area contributed by atoms with Gasteiger partial charge in [-0.05, 0) is 31.2 Å². The topological polar surface area (TPSA) is 52.3 Å². The maximum absolute atomic E-state index is 11.5. The van der Waals surface area contributed by atoms with Crippen molar-refractivity contribution in [2.75, 3.05) is 13.7 Å². The van der Waals surface area contributed by atoms with Gasteiger partial charge in [0.2, 0.25) is 0 Å². The van der Waals surface area contributed by atoms with Gasteiger partial charge in [0.1, 0.15) is 4.75 Å². The van der Waals surface area contributed by atoms with Gasteiger partial charge < -0.3 is 10.5 Å². The zero-order chi connectivity index (χ0) is 9.73. The van der Waals surface area contributed by atoms with Crippen LogP contribution in [0.15, 0.2) is 11.5 Å². The van der Waals surface area contributed by atoms with Gasteiger partial charge in [-0.15, -0.1) is 11.8 Å². The van der Waals surface area contributed by atoms with E-state index in [1.807, 2.05) is 11.5 Å². The number of hydrogen-bond acceptors (Lipinski definition) is 4. The largest absolute Gasteiger partial charge is 0.468 e. The lowest BCUT2D eigenvalue weighted by molar-refractivity contribution is -0.143. The number of esters is 1. The first-order valence-electron chi connectivity index (χ1n) is 4.36. The summed E-state index contributed by atoms with van der Waals surface area (Å²) >= 11 is 1.55. The summed E-state index contributed by atoms with van der Waals surface area (Å²) in [5.74, 6) is -0.129. The average Bonchev–Trinajstić information content (AvgIpc) is 2.63. The van der Waals surface area contributed by atoms with Gasteiger partial charge in [-0.25, -0.2) is 0 Å². The van der Waals surface area contributed by atoms with E-state index in [9.17, 15) is 4.79 Å². The molecule has 74 valence electrons. The van der Waals surface area contributed by atoms with Gasteiger partial charge in [-0.3, -0.25) is 4.79 Å². The smallest absolute Gasteiger partial charge is 0.322 e. The zero-order valence-electron chi connectivity index (χ0n) is 7.79. The number of allylic oxidation sites excluding steroid dienone is 1. The zero-order valence-corrected chi connectivity index (χ0v) is 8.60. The molecule has 0 amide bonds. The fraction of sp³-hybridized carbons (Fsp3) is 0.667. The molecule has 2 N–H and O–H groups in total. The Morgan fingerprint density at radius 1 is 1.77 bits per heavy atom. The molecule has 3 nitrogen and oxygen atoms in total. The molecule has 0 spiro atoms. The van der Waals surface area contributed by atoms with E-state index >= 15 is 0 Å². The van der Waals surface area contributed by atoms with Gasteiger partial charge in [0.25, 0.3) is 0 Å². The molecule has 0 saturated carbocycles. The average molecular weight is 201 g/mol. The molecule has 1 aliphatic heterocycles. The quantitative estimate of drug-likeness (QED) is 0.696. The van der Waals surface area contributed by atoms with Crippen molar-refractivity contribution in [2.24, 2.45) is 5.73 Å². The van der Waals surface area contributed by atoms with Gasteiger partial charge in [0, 0.05) is 0 Å². The first-order valence-corrected chi connectivity index (χ1v) is 5.24. The highest BCUT2D eigenvalue weighted by molar-refractivity contribution is 8.04. The fourth-order valence-corrected chi connectivity index (χ4v) is 2.52. The van der Waals surface area contributed by atoms with Gasteiger partial charge in [-0.2, -0.15) is 0 Å². The summed E-state index contributed by atoms with van der Waals surface area (Å²) in [6.07, 6.45) is 4.44. The Kier molecular flexibility index (Phi) is 3.81. The highest BCUT2D eigenvalue weighted by atomic mass is 32.2. The van der Waals surface area contributed by atoms with Crippen LogP contribution in [0.5, 0.6) is 0 Å². The Morgan fingerprint density at radius 2 is 2.54 bits per heavy atom. The van der Waals surface area contributed by atoms with Crippen molar-refractivity contribution >= 4 is 17.7 Å². The highest BCUT2D eigenvalue weighted by Gasteiger charge is 2.40. The number of methoxy groups -OCH3 is 1. The molecule has 1 unspecified atom stereocenters. The van der Waals surface area contributed by atoms with E-state index in [4.69, 9.17) is 10.5 Å². The number of nitrogens with two attached hydrogens (primary N) is 1. The van der Waals surface area contributed by atoms with Crippen LogP contribution in [-0.4, -0.2) is 24.4 Å². The molecule has 0 bridgehead atoms. The van der Waals surface area contributed by atoms with E-state index < -0.39 is 0 Å². The van der Waals surface area contributed by atoms with Crippen LogP contribution in [0.3, 0.4) is 0 Å². The molecule has 0 aromatic heterocycles. The molecule has 13 heavy (non-hydrogen) atoms. The summed E-state index contributed by atoms with van der Waals surface area (Å²) in [4.78, 5) is 11.5. The maximum Gasteiger partial charge on any atom is 0.322 e. The highest BCUT2D eigenvalue weighted by Crippen LogP contribution is 2.41. The molecule has 0 aromatic rings. The van der Waals surface area contributed by atoms with Crippen molar-refractivity contribution in [3.05, 3.63) is 11.5 Å². The predicted molar refractivity (Wildman–Crippen MR) is 54.4 cm³/mol. The SMILES string of the molecule is COC(=O)C1(CCCN)CC=CS1. The van der Waals surface area contributed by atoms with Crippen LogP contribution in [0.25, 0.3) is 0 Å². The molecule has 4 heteroatoms. The molecule has 1 heterocycles. The van der Waals surface area contributed by atoms with Crippen LogP contribution >= 0.6 is 11.8 Å². The Labute approximate surface area is 82.7 Å². The Balaban J connectivity index is 2.59. The molecule has 0 fully saturated rings. The number of rotatable bonds is 4. The number of thioether (sulfide) groups is 1. The summed E-state index contributed by atoms with van der Waals surface area (Å²) < 4.78 is 4.41. The summed E-state index contributed by atoms with van der Waals surface area (Å²) in [5, 5.41) is 1.97. The Hall–Kier alpha value is -0.480. The van der Waals surface area contributed by atoms with E-state index in [-0.39, 0.29) is 10.7 Å². The van der Waals surface area contributed by atoms with Crippen LogP contribution in [0, 0.1) is 0 Å². The molecule has 1 rings (SSSR count). The summed E-state index contributed by atoms with van der Waals surface area (Å²) in [7, 11) is 1.44. The van der Waals surface area contributed by atoms with Crippen LogP contribution in [0.4, 0.5) is 0 Å². The van der Waals surface area contributed by atoms with E-state index in [1.54, 1.807) is 11.8 Å². The monoisotopic (exact) mass is 201 g/mol. The number of carbonyl (C=O) groups is 1. The lowest BCUT2D eigenvalue weighted by Crippen LogP contribution is -2.34. The lowest BCUT2D eigenvalue weighted by atomic mass is 9.98. The second kappa shape index (κ2) is 4.67. The van der Waals surface area contributed by atoms with Gasteiger partial charge in [0.05, 0.1) is 7.11 Å². The Morgan fingerprint density at radius 3 is 3.00 bits per heavy atom. The van der Waals surface area contributed by atoms with Crippen molar-refractivity contribution < 1.29 is 9.53 Å². The van der Waals surface area contributed by atoms with Crippen molar-refractivity contribution in [3.8, 4) is 0 Å². The van der Waals surface area contributed by atoms with Crippen molar-refractivity contribution in [1.82, 2.24) is 0 Å². The molecule has 1 aliphatic rings. The van der Waals surface area contributed by atoms with E-state index in [2.05, 4.69) is 0 Å². The van der Waals surface area contributed by atoms with E-state index in [0.29, 0.717) is 6.54 Å². The Bertz CT molecular complexity index is 208. The van der Waals surface area contributed by atoms with E-state index in [0.717, 1.165) is 19.3 Å². The summed E-state index contributed by atoms with van der Waals surface area (Å²) in [6, 6.07) is 0. The van der Waals surface area contributed by atoms with E-state index in [1.165, 1.54) is 7.11 Å². The maximum atomic E-state index is 11.5. The first-order chi connectivity index (χ1) is 6.25. The molecular weight excluding hydrogens is 186 g/mol. The number of hydrogen-bond donors (Lipinski definition) is 1.